The first-order valence-electron chi connectivity index (χ1n) is 14.2. The van der Waals surface area contributed by atoms with E-state index in [4.69, 9.17) is 0 Å². The number of aryl methyl sites for hydroxylation is 1. The Morgan fingerprint density at radius 3 is 2.27 bits per heavy atom. The molecule has 41 heavy (non-hydrogen) atoms. The molecule has 2 saturated heterocycles. The van der Waals surface area contributed by atoms with Crippen molar-refractivity contribution in [1.29, 1.82) is 0 Å². The Bertz CT molecular complexity index is 1340. The smallest absolute Gasteiger partial charge is 0.334 e. The van der Waals surface area contributed by atoms with Crippen LogP contribution in [0.3, 0.4) is 0 Å². The first kappa shape index (κ1) is 28.3. The first-order valence-corrected chi connectivity index (χ1v) is 14.2. The van der Waals surface area contributed by atoms with E-state index in [0.29, 0.717) is 13.1 Å². The van der Waals surface area contributed by atoms with E-state index in [1.165, 1.54) is 17.7 Å². The van der Waals surface area contributed by atoms with E-state index in [9.17, 15) is 18.8 Å². The van der Waals surface area contributed by atoms with E-state index in [-0.39, 0.29) is 43.3 Å². The van der Waals surface area contributed by atoms with Gasteiger partial charge in [-0.1, -0.05) is 79.7 Å². The second-order valence-corrected chi connectivity index (χ2v) is 10.4. The molecule has 2 heterocycles. The van der Waals surface area contributed by atoms with Crippen molar-refractivity contribution in [2.45, 2.75) is 44.9 Å². The van der Waals surface area contributed by atoms with Gasteiger partial charge in [0.1, 0.15) is 18.0 Å². The highest BCUT2D eigenvalue weighted by molar-refractivity contribution is 5.92. The molecule has 3 aromatic rings. The van der Waals surface area contributed by atoms with E-state index in [0.717, 1.165) is 30.4 Å². The van der Waals surface area contributed by atoms with E-state index >= 15 is 0 Å². The lowest BCUT2D eigenvalue weighted by Gasteiger charge is -2.55. The Hall–Kier alpha value is -4.24. The van der Waals surface area contributed by atoms with Crippen LogP contribution in [0, 0.1) is 5.82 Å². The minimum Gasteiger partial charge on any atom is -0.337 e. The molecule has 0 radical (unpaired) electrons. The monoisotopic (exact) mass is 557 g/mol. The summed E-state index contributed by atoms with van der Waals surface area (Å²) in [7, 11) is 0. The molecule has 2 atom stereocenters. The molecule has 1 N–H and O–H groups in total. The molecule has 0 unspecified atom stereocenters. The van der Waals surface area contributed by atoms with Crippen LogP contribution >= 0.6 is 0 Å². The van der Waals surface area contributed by atoms with Crippen molar-refractivity contribution in [3.05, 3.63) is 107 Å². The minimum atomic E-state index is -0.817. The maximum absolute atomic E-state index is 13.9. The number of carbonyl (C=O) groups is 3. The molecule has 0 bridgehead atoms. The molecule has 0 aromatic heterocycles. The molecule has 3 aromatic carbocycles. The largest absolute Gasteiger partial charge is 0.337 e. The van der Waals surface area contributed by atoms with Gasteiger partial charge >= 0.3 is 6.03 Å². The number of nitrogens with one attached hydrogen (secondary N) is 1. The molecule has 214 valence electrons. The summed E-state index contributed by atoms with van der Waals surface area (Å²) in [5, 5.41) is 6.25. The molecule has 8 nitrogen and oxygen atoms in total. The van der Waals surface area contributed by atoms with Gasteiger partial charge in [0, 0.05) is 19.6 Å². The third-order valence-corrected chi connectivity index (χ3v) is 7.75. The van der Waals surface area contributed by atoms with Crippen LogP contribution in [0.15, 0.2) is 84.9 Å². The van der Waals surface area contributed by atoms with Crippen LogP contribution in [0.1, 0.15) is 42.5 Å². The number of hydrogen-bond acceptors (Lipinski definition) is 4. The van der Waals surface area contributed by atoms with Gasteiger partial charge in [0.05, 0.1) is 13.1 Å². The summed E-state index contributed by atoms with van der Waals surface area (Å²) in [4.78, 5) is 44.5. The number of halogens is 1. The number of carbonyl (C=O) groups excluding carboxylic acids is 3. The number of piperazine rings is 1. The summed E-state index contributed by atoms with van der Waals surface area (Å²) < 4.78 is 13.4. The molecule has 9 heteroatoms. The summed E-state index contributed by atoms with van der Waals surface area (Å²) in [5.74, 6) is -0.660. The fourth-order valence-corrected chi connectivity index (χ4v) is 5.65. The van der Waals surface area contributed by atoms with Gasteiger partial charge in [-0.05, 0) is 48.1 Å². The third kappa shape index (κ3) is 6.41. The zero-order valence-corrected chi connectivity index (χ0v) is 23.3. The van der Waals surface area contributed by atoms with Crippen LogP contribution in [0.25, 0.3) is 0 Å². The van der Waals surface area contributed by atoms with Crippen molar-refractivity contribution >= 4 is 17.8 Å². The lowest BCUT2D eigenvalue weighted by Crippen LogP contribution is -2.74. The Kier molecular flexibility index (Phi) is 8.94. The average Bonchev–Trinajstić information content (AvgIpc) is 3.00. The maximum atomic E-state index is 13.9. The Morgan fingerprint density at radius 2 is 1.59 bits per heavy atom. The van der Waals surface area contributed by atoms with Crippen molar-refractivity contribution < 1.29 is 18.8 Å². The van der Waals surface area contributed by atoms with Crippen LogP contribution in [0.4, 0.5) is 9.18 Å². The van der Waals surface area contributed by atoms with E-state index in [1.54, 1.807) is 32.0 Å². The van der Waals surface area contributed by atoms with Gasteiger partial charge in [-0.2, -0.15) is 0 Å². The Morgan fingerprint density at radius 1 is 0.902 bits per heavy atom. The summed E-state index contributed by atoms with van der Waals surface area (Å²) in [6.45, 7) is 3.29. The zero-order chi connectivity index (χ0) is 28.8. The predicted molar refractivity (Wildman–Crippen MR) is 153 cm³/mol. The lowest BCUT2D eigenvalue weighted by molar-refractivity contribution is -0.190. The minimum absolute atomic E-state index is 0.00927. The van der Waals surface area contributed by atoms with Crippen molar-refractivity contribution in [3.63, 3.8) is 0 Å². The summed E-state index contributed by atoms with van der Waals surface area (Å²) in [6, 6.07) is 24.3. The molecule has 0 saturated carbocycles. The predicted octanol–water partition coefficient (Wildman–Crippen LogP) is 4.35. The number of hydrogen-bond donors (Lipinski definition) is 1. The molecule has 2 aliphatic heterocycles. The Labute approximate surface area is 240 Å². The quantitative estimate of drug-likeness (QED) is 0.397. The van der Waals surface area contributed by atoms with E-state index in [2.05, 4.69) is 17.4 Å². The van der Waals surface area contributed by atoms with Crippen LogP contribution < -0.4 is 5.32 Å². The number of benzene rings is 3. The molecule has 0 spiro atoms. The van der Waals surface area contributed by atoms with Gasteiger partial charge in [0.25, 0.3) is 0 Å². The maximum Gasteiger partial charge on any atom is 0.334 e. The average molecular weight is 558 g/mol. The van der Waals surface area contributed by atoms with Gasteiger partial charge in [-0.25, -0.2) is 19.2 Å². The van der Waals surface area contributed by atoms with Gasteiger partial charge < -0.3 is 15.1 Å². The number of urea groups is 1. The van der Waals surface area contributed by atoms with Gasteiger partial charge in [-0.15, -0.1) is 0 Å². The standard InChI is InChI=1S/C32H36FN5O3/c1-2-36-23-29(39)37-28(38(36)32(41)34-21-25-16-18-27(33)19-17-25)22-35(20-10-9-13-24-11-5-3-6-12-24)31(40)30(37)26-14-7-4-8-15-26/h3-8,11-12,14-19,28,30H,2,9-10,13,20-23H2,1H3,(H,34,41)/t28-,30-/m0/s1. The van der Waals surface area contributed by atoms with E-state index < -0.39 is 12.2 Å². The summed E-state index contributed by atoms with van der Waals surface area (Å²) in [6.07, 6.45) is 1.97. The zero-order valence-electron chi connectivity index (χ0n) is 23.3. The van der Waals surface area contributed by atoms with Crippen LogP contribution in [0.2, 0.25) is 0 Å². The third-order valence-electron chi connectivity index (χ3n) is 7.75. The van der Waals surface area contributed by atoms with Crippen LogP contribution in [-0.4, -0.2) is 70.0 Å². The highest BCUT2D eigenvalue weighted by Gasteiger charge is 2.51. The molecule has 2 fully saturated rings. The Balaban J connectivity index is 1.38. The van der Waals surface area contributed by atoms with E-state index in [1.807, 2.05) is 55.5 Å². The van der Waals surface area contributed by atoms with Gasteiger partial charge in [0.15, 0.2) is 0 Å². The summed E-state index contributed by atoms with van der Waals surface area (Å²) in [5.41, 5.74) is 2.74. The number of unbranched alkanes of at least 4 members (excludes halogenated alkanes) is 1. The number of nitrogens with zero attached hydrogens (tertiary/aromatic N) is 4. The number of rotatable bonds is 9. The first-order chi connectivity index (χ1) is 20.0. The molecule has 0 aliphatic carbocycles. The molecule has 2 aliphatic rings. The van der Waals surface area contributed by atoms with Crippen molar-refractivity contribution in [3.8, 4) is 0 Å². The highest BCUT2D eigenvalue weighted by atomic mass is 19.1. The second kappa shape index (κ2) is 13.0. The summed E-state index contributed by atoms with van der Waals surface area (Å²) >= 11 is 0. The van der Waals surface area contributed by atoms with Gasteiger partial charge in [0.2, 0.25) is 11.8 Å². The van der Waals surface area contributed by atoms with Crippen molar-refractivity contribution in [2.75, 3.05) is 26.2 Å². The van der Waals surface area contributed by atoms with Crippen molar-refractivity contribution in [2.24, 2.45) is 0 Å². The van der Waals surface area contributed by atoms with Crippen molar-refractivity contribution in [1.82, 2.24) is 25.1 Å². The molecular formula is C32H36FN5O3. The normalized spacial score (nSPS) is 19.3. The fraction of sp³-hybridized carbons (Fsp3) is 0.344. The number of likely N-dealkylation sites (N-methyl/N-ethyl adjacent to an activating group) is 1. The number of amides is 4. The topological polar surface area (TPSA) is 76.2 Å². The lowest BCUT2D eigenvalue weighted by atomic mass is 9.98. The van der Waals surface area contributed by atoms with Crippen LogP contribution in [0.5, 0.6) is 0 Å². The second-order valence-electron chi connectivity index (χ2n) is 10.4. The highest BCUT2D eigenvalue weighted by Crippen LogP contribution is 2.35. The number of fused-ring (bicyclic) bond motifs is 1. The number of hydrazine groups is 1. The fourth-order valence-electron chi connectivity index (χ4n) is 5.65. The van der Waals surface area contributed by atoms with Gasteiger partial charge in [-0.3, -0.25) is 9.59 Å². The molecule has 4 amide bonds. The van der Waals surface area contributed by atoms with Crippen LogP contribution in [-0.2, 0) is 22.6 Å². The molecular weight excluding hydrogens is 521 g/mol. The molecule has 5 rings (SSSR count). The SMILES string of the molecule is CCN1CC(=O)N2[C@@H](c3ccccc3)C(=O)N(CCCCc3ccccc3)C[C@@H]2N1C(=O)NCc1ccc(F)cc1.